The zero-order valence-electron chi connectivity index (χ0n) is 14.5. The van der Waals surface area contributed by atoms with Crippen molar-refractivity contribution < 1.29 is 14.9 Å². The molecule has 3 N–H and O–H groups in total. The molecule has 0 amide bonds. The summed E-state index contributed by atoms with van der Waals surface area (Å²) in [5.74, 6) is 0.597. The molecule has 0 aromatic carbocycles. The molecule has 1 aliphatic heterocycles. The first kappa shape index (κ1) is 18.1. The van der Waals surface area contributed by atoms with Gasteiger partial charge in [0.15, 0.2) is 0 Å². The molecule has 1 aliphatic carbocycles. The van der Waals surface area contributed by atoms with Gasteiger partial charge in [-0.25, -0.2) is 0 Å². The van der Waals surface area contributed by atoms with E-state index in [1.165, 1.54) is 6.42 Å². The highest BCUT2D eigenvalue weighted by Crippen LogP contribution is 2.43. The summed E-state index contributed by atoms with van der Waals surface area (Å²) in [6.07, 6.45) is 2.75. The first-order valence-corrected chi connectivity index (χ1v) is 8.68. The van der Waals surface area contributed by atoms with Crippen LogP contribution in [0.3, 0.4) is 0 Å². The Balaban J connectivity index is 1.84. The summed E-state index contributed by atoms with van der Waals surface area (Å²) >= 11 is 0. The maximum Gasteiger partial charge on any atom is 0.0791 e. The molecule has 5 heteroatoms. The number of aliphatic hydroxyl groups is 2. The highest BCUT2D eigenvalue weighted by atomic mass is 16.5. The van der Waals surface area contributed by atoms with Gasteiger partial charge in [-0.2, -0.15) is 0 Å². The topological polar surface area (TPSA) is 65.0 Å². The minimum atomic E-state index is -0.401. The van der Waals surface area contributed by atoms with Crippen LogP contribution in [0.25, 0.3) is 0 Å². The summed E-state index contributed by atoms with van der Waals surface area (Å²) in [7, 11) is 0. The monoisotopic (exact) mass is 314 g/mol. The van der Waals surface area contributed by atoms with Gasteiger partial charge < -0.3 is 20.3 Å². The molecule has 2 fully saturated rings. The Labute approximate surface area is 135 Å². The second-order valence-electron chi connectivity index (χ2n) is 8.24. The number of hydrogen-bond donors (Lipinski definition) is 3. The molecule has 0 spiro atoms. The average Bonchev–Trinajstić information content (AvgIpc) is 2.44. The average molecular weight is 314 g/mol. The first-order chi connectivity index (χ1) is 10.3. The number of nitrogens with zero attached hydrogens (tertiary/aromatic N) is 1. The van der Waals surface area contributed by atoms with Crippen LogP contribution in [0.5, 0.6) is 0 Å². The van der Waals surface area contributed by atoms with E-state index in [-0.39, 0.29) is 17.6 Å². The minimum Gasteiger partial charge on any atom is -0.394 e. The fourth-order valence-corrected chi connectivity index (χ4v) is 4.53. The third kappa shape index (κ3) is 5.17. The van der Waals surface area contributed by atoms with E-state index in [4.69, 9.17) is 4.74 Å². The van der Waals surface area contributed by atoms with Crippen molar-refractivity contribution in [2.24, 2.45) is 11.3 Å². The molecule has 5 nitrogen and oxygen atoms in total. The largest absolute Gasteiger partial charge is 0.394 e. The summed E-state index contributed by atoms with van der Waals surface area (Å²) < 4.78 is 5.33. The van der Waals surface area contributed by atoms with Crippen LogP contribution in [0.2, 0.25) is 0 Å². The molecule has 3 atom stereocenters. The van der Waals surface area contributed by atoms with E-state index in [2.05, 4.69) is 31.0 Å². The predicted molar refractivity (Wildman–Crippen MR) is 87.9 cm³/mol. The SMILES string of the molecule is C[C@@H]1CC(C)(C)C[C@@](CO)(NC[C@@H](O)CN2CCOCC2)C1. The molecule has 22 heavy (non-hydrogen) atoms. The molecule has 1 saturated heterocycles. The van der Waals surface area contributed by atoms with Gasteiger partial charge in [0.05, 0.1) is 25.9 Å². The summed E-state index contributed by atoms with van der Waals surface area (Å²) in [6.45, 7) is 11.5. The lowest BCUT2D eigenvalue weighted by Gasteiger charge is -2.48. The minimum absolute atomic E-state index is 0.144. The lowest BCUT2D eigenvalue weighted by molar-refractivity contribution is 0.00261. The number of morpholine rings is 1. The highest BCUT2D eigenvalue weighted by molar-refractivity contribution is 4.99. The number of ether oxygens (including phenoxy) is 1. The van der Waals surface area contributed by atoms with Crippen LogP contribution in [0.15, 0.2) is 0 Å². The summed E-state index contributed by atoms with van der Waals surface area (Å²) in [5.41, 5.74) is -0.00425. The van der Waals surface area contributed by atoms with E-state index in [1.54, 1.807) is 0 Å². The van der Waals surface area contributed by atoms with Gasteiger partial charge in [-0.1, -0.05) is 20.8 Å². The van der Waals surface area contributed by atoms with E-state index in [1.807, 2.05) is 0 Å². The molecule has 2 rings (SSSR count). The fraction of sp³-hybridized carbons (Fsp3) is 1.00. The summed E-state index contributed by atoms with van der Waals surface area (Å²) in [5, 5.41) is 23.8. The Morgan fingerprint density at radius 1 is 1.27 bits per heavy atom. The third-order valence-electron chi connectivity index (χ3n) is 5.05. The van der Waals surface area contributed by atoms with Crippen LogP contribution in [0, 0.1) is 11.3 Å². The molecule has 1 heterocycles. The van der Waals surface area contributed by atoms with Crippen LogP contribution in [0.4, 0.5) is 0 Å². The number of nitrogens with one attached hydrogen (secondary N) is 1. The van der Waals surface area contributed by atoms with Crippen molar-refractivity contribution in [2.75, 3.05) is 46.0 Å². The molecule has 0 unspecified atom stereocenters. The molecular weight excluding hydrogens is 280 g/mol. The first-order valence-electron chi connectivity index (χ1n) is 8.68. The van der Waals surface area contributed by atoms with Gasteiger partial charge in [-0.3, -0.25) is 4.90 Å². The Morgan fingerprint density at radius 2 is 1.95 bits per heavy atom. The van der Waals surface area contributed by atoms with Crippen LogP contribution in [-0.2, 0) is 4.74 Å². The fourth-order valence-electron chi connectivity index (χ4n) is 4.53. The zero-order valence-corrected chi connectivity index (χ0v) is 14.5. The van der Waals surface area contributed by atoms with E-state index < -0.39 is 6.10 Å². The van der Waals surface area contributed by atoms with E-state index in [0.717, 1.165) is 39.1 Å². The number of rotatable bonds is 6. The molecule has 2 aliphatic rings. The highest BCUT2D eigenvalue weighted by Gasteiger charge is 2.42. The maximum atomic E-state index is 10.3. The number of aliphatic hydroxyl groups excluding tert-OH is 2. The van der Waals surface area contributed by atoms with Crippen molar-refractivity contribution in [3.63, 3.8) is 0 Å². The van der Waals surface area contributed by atoms with Crippen LogP contribution >= 0.6 is 0 Å². The van der Waals surface area contributed by atoms with Crippen molar-refractivity contribution in [2.45, 2.75) is 51.7 Å². The Hall–Kier alpha value is -0.200. The van der Waals surface area contributed by atoms with Crippen LogP contribution in [0.1, 0.15) is 40.0 Å². The molecule has 0 bridgehead atoms. The van der Waals surface area contributed by atoms with Crippen molar-refractivity contribution in [1.82, 2.24) is 10.2 Å². The van der Waals surface area contributed by atoms with Gasteiger partial charge >= 0.3 is 0 Å². The normalized spacial score (nSPS) is 34.5. The number of hydrogen-bond acceptors (Lipinski definition) is 5. The Kier molecular flexibility index (Phi) is 6.25. The summed E-state index contributed by atoms with van der Waals surface area (Å²) in [6, 6.07) is 0. The van der Waals surface area contributed by atoms with E-state index in [0.29, 0.717) is 19.0 Å². The van der Waals surface area contributed by atoms with Crippen LogP contribution < -0.4 is 5.32 Å². The van der Waals surface area contributed by atoms with Crippen molar-refractivity contribution >= 4 is 0 Å². The predicted octanol–water partition coefficient (Wildman–Crippen LogP) is 0.846. The van der Waals surface area contributed by atoms with Gasteiger partial charge in [0.2, 0.25) is 0 Å². The summed E-state index contributed by atoms with van der Waals surface area (Å²) in [4.78, 5) is 2.24. The molecule has 0 aromatic heterocycles. The van der Waals surface area contributed by atoms with Crippen molar-refractivity contribution in [3.8, 4) is 0 Å². The maximum absolute atomic E-state index is 10.3. The van der Waals surface area contributed by atoms with Gasteiger partial charge in [0.1, 0.15) is 0 Å². The molecular formula is C17H34N2O3. The lowest BCUT2D eigenvalue weighted by Crippen LogP contribution is -2.57. The van der Waals surface area contributed by atoms with Crippen molar-refractivity contribution in [3.05, 3.63) is 0 Å². The molecule has 0 aromatic rings. The molecule has 1 saturated carbocycles. The van der Waals surface area contributed by atoms with Gasteiger partial charge in [-0.05, 0) is 30.6 Å². The van der Waals surface area contributed by atoms with Gasteiger partial charge in [0, 0.05) is 31.7 Å². The smallest absolute Gasteiger partial charge is 0.0791 e. The zero-order chi connectivity index (χ0) is 16.2. The molecule has 0 radical (unpaired) electrons. The third-order valence-corrected chi connectivity index (χ3v) is 5.05. The Bertz CT molecular complexity index is 345. The molecule has 130 valence electrons. The standard InChI is InChI=1S/C17H34N2O3/c1-14-8-16(2,3)12-17(9-14,13-20)18-10-15(21)11-19-4-6-22-7-5-19/h14-15,18,20-21H,4-13H2,1-3H3/t14-,15-,17+/m1/s1. The van der Waals surface area contributed by atoms with Crippen LogP contribution in [-0.4, -0.2) is 72.8 Å². The second kappa shape index (κ2) is 7.58. The van der Waals surface area contributed by atoms with Gasteiger partial charge in [0.25, 0.3) is 0 Å². The van der Waals surface area contributed by atoms with Gasteiger partial charge in [-0.15, -0.1) is 0 Å². The Morgan fingerprint density at radius 3 is 2.55 bits per heavy atom. The van der Waals surface area contributed by atoms with Crippen molar-refractivity contribution in [1.29, 1.82) is 0 Å². The second-order valence-corrected chi connectivity index (χ2v) is 8.24. The quantitative estimate of drug-likeness (QED) is 0.678. The van der Waals surface area contributed by atoms with E-state index >= 15 is 0 Å². The van der Waals surface area contributed by atoms with E-state index in [9.17, 15) is 10.2 Å². The lowest BCUT2D eigenvalue weighted by atomic mass is 9.64. The number of β-amino-alcohol motifs (C(OH)–C–C–N with tert-alkyl or cyclic N) is 1.